The van der Waals surface area contributed by atoms with E-state index in [4.69, 9.17) is 4.74 Å². The van der Waals surface area contributed by atoms with Crippen molar-refractivity contribution in [2.75, 3.05) is 13.2 Å². The third-order valence-electron chi connectivity index (χ3n) is 12.8. The molecule has 6 nitrogen and oxygen atoms in total. The molecule has 0 aromatic heterocycles. The Morgan fingerprint density at radius 2 is 0.754 bits per heavy atom. The van der Waals surface area contributed by atoms with E-state index < -0.39 is 12.1 Å². The van der Waals surface area contributed by atoms with Gasteiger partial charge in [-0.15, -0.1) is 0 Å². The predicted octanol–water partition coefficient (Wildman–Crippen LogP) is 16.5. The third kappa shape index (κ3) is 47.9. The van der Waals surface area contributed by atoms with Crippen LogP contribution in [0.3, 0.4) is 0 Å². The summed E-state index contributed by atoms with van der Waals surface area (Å²) in [6, 6.07) is -0.625. The number of aliphatic hydroxyl groups excluding tert-OH is 2. The van der Waals surface area contributed by atoms with Crippen LogP contribution in [0, 0.1) is 0 Å². The summed E-state index contributed by atoms with van der Waals surface area (Å²) in [4.78, 5) is 24.4. The van der Waals surface area contributed by atoms with Crippen LogP contribution in [-0.2, 0) is 14.3 Å². The van der Waals surface area contributed by atoms with Crippen LogP contribution in [0.4, 0.5) is 0 Å². The summed E-state index contributed by atoms with van der Waals surface area (Å²) in [7, 11) is 0. The molecule has 0 radical (unpaired) electrons. The minimum Gasteiger partial charge on any atom is -0.466 e. The maximum Gasteiger partial charge on any atom is 0.305 e. The maximum atomic E-state index is 12.4. The lowest BCUT2D eigenvalue weighted by molar-refractivity contribution is -0.143. The monoisotopic (exact) mass is 862 g/mol. The van der Waals surface area contributed by atoms with Gasteiger partial charge in [-0.2, -0.15) is 0 Å². The number of unbranched alkanes of at least 4 members (excludes halogenated alkanes) is 40. The van der Waals surface area contributed by atoms with Crippen molar-refractivity contribution in [1.29, 1.82) is 0 Å². The van der Waals surface area contributed by atoms with E-state index >= 15 is 0 Å². The SMILES string of the molecule is CCCCCCCCCC/C=C/C(O)C(CO)NC(=O)CCCCCCCCCCCCCCCCCCCCCCCOC(=O)CCCCCCCCCCCCCCC. The lowest BCUT2D eigenvalue weighted by Gasteiger charge is -2.20. The first-order chi connectivity index (χ1) is 30.0. The molecule has 0 aromatic rings. The second kappa shape index (κ2) is 51.2. The second-order valence-corrected chi connectivity index (χ2v) is 18.9. The number of allylic oxidation sites excluding steroid dienone is 1. The highest BCUT2D eigenvalue weighted by atomic mass is 16.5. The molecule has 0 saturated heterocycles. The molecule has 0 rings (SSSR count). The van der Waals surface area contributed by atoms with Gasteiger partial charge in [0.05, 0.1) is 25.4 Å². The zero-order chi connectivity index (χ0) is 44.4. The molecule has 0 aromatic carbocycles. The second-order valence-electron chi connectivity index (χ2n) is 18.9. The molecule has 0 fully saturated rings. The topological polar surface area (TPSA) is 95.9 Å². The molecule has 0 aliphatic heterocycles. The van der Waals surface area contributed by atoms with E-state index in [-0.39, 0.29) is 18.5 Å². The summed E-state index contributed by atoms with van der Waals surface area (Å²) >= 11 is 0. The van der Waals surface area contributed by atoms with Crippen molar-refractivity contribution >= 4 is 11.9 Å². The lowest BCUT2D eigenvalue weighted by atomic mass is 10.0. The fraction of sp³-hybridized carbons (Fsp3) is 0.927. The molecule has 2 atom stereocenters. The highest BCUT2D eigenvalue weighted by Crippen LogP contribution is 2.17. The van der Waals surface area contributed by atoms with Crippen molar-refractivity contribution in [3.8, 4) is 0 Å². The summed E-state index contributed by atoms with van der Waals surface area (Å²) in [6.07, 6.45) is 59.5. The average molecular weight is 862 g/mol. The van der Waals surface area contributed by atoms with Crippen LogP contribution < -0.4 is 5.32 Å². The molecule has 362 valence electrons. The number of hydrogen-bond donors (Lipinski definition) is 3. The van der Waals surface area contributed by atoms with Gasteiger partial charge in [0, 0.05) is 12.8 Å². The first kappa shape index (κ1) is 59.6. The summed E-state index contributed by atoms with van der Waals surface area (Å²) in [5, 5.41) is 23.0. The van der Waals surface area contributed by atoms with E-state index in [0.29, 0.717) is 19.4 Å². The van der Waals surface area contributed by atoms with Crippen LogP contribution in [-0.4, -0.2) is 47.4 Å². The zero-order valence-corrected chi connectivity index (χ0v) is 41.2. The van der Waals surface area contributed by atoms with E-state index in [1.165, 1.54) is 238 Å². The number of rotatable bonds is 51. The van der Waals surface area contributed by atoms with Crippen molar-refractivity contribution < 1.29 is 24.5 Å². The highest BCUT2D eigenvalue weighted by molar-refractivity contribution is 5.76. The summed E-state index contributed by atoms with van der Waals surface area (Å²) < 4.78 is 5.47. The minimum atomic E-state index is -0.842. The van der Waals surface area contributed by atoms with Crippen LogP contribution in [0.5, 0.6) is 0 Å². The van der Waals surface area contributed by atoms with Crippen molar-refractivity contribution in [3.63, 3.8) is 0 Å². The molecule has 0 spiro atoms. The van der Waals surface area contributed by atoms with E-state index in [2.05, 4.69) is 19.2 Å². The molecule has 0 heterocycles. The predicted molar refractivity (Wildman–Crippen MR) is 264 cm³/mol. The standard InChI is InChI=1S/C55H107NO5/c1-3-5-7-9-11-13-15-25-29-33-37-41-45-49-55(60)61-50-46-42-38-34-30-27-24-22-20-18-16-17-19-21-23-26-28-32-36-40-44-48-54(59)56-52(51-57)53(58)47-43-39-35-31-14-12-10-8-6-4-2/h43,47,52-53,57-58H,3-42,44-46,48-51H2,1-2H3,(H,56,59)/b47-43+. The molecule has 1 amide bonds. The Bertz CT molecular complexity index is 909. The Morgan fingerprint density at radius 3 is 1.11 bits per heavy atom. The van der Waals surface area contributed by atoms with Gasteiger partial charge < -0.3 is 20.3 Å². The van der Waals surface area contributed by atoms with Crippen LogP contribution in [0.25, 0.3) is 0 Å². The molecule has 3 N–H and O–H groups in total. The molecule has 6 heteroatoms. The number of nitrogens with one attached hydrogen (secondary N) is 1. The number of ether oxygens (including phenoxy) is 1. The molecule has 0 aliphatic carbocycles. The minimum absolute atomic E-state index is 0.0129. The number of amides is 1. The third-order valence-corrected chi connectivity index (χ3v) is 12.8. The van der Waals surface area contributed by atoms with E-state index in [1.807, 2.05) is 6.08 Å². The fourth-order valence-corrected chi connectivity index (χ4v) is 8.58. The number of hydrogen-bond acceptors (Lipinski definition) is 5. The van der Waals surface area contributed by atoms with Gasteiger partial charge in [-0.1, -0.05) is 270 Å². The van der Waals surface area contributed by atoms with Gasteiger partial charge in [-0.3, -0.25) is 9.59 Å². The first-order valence-electron chi connectivity index (χ1n) is 27.5. The van der Waals surface area contributed by atoms with Gasteiger partial charge in [0.15, 0.2) is 0 Å². The van der Waals surface area contributed by atoms with Crippen molar-refractivity contribution in [1.82, 2.24) is 5.32 Å². The number of esters is 1. The van der Waals surface area contributed by atoms with Crippen molar-refractivity contribution in [3.05, 3.63) is 12.2 Å². The largest absolute Gasteiger partial charge is 0.466 e. The molecule has 0 saturated carbocycles. The Kier molecular flexibility index (Phi) is 50.1. The maximum absolute atomic E-state index is 12.4. The molecule has 61 heavy (non-hydrogen) atoms. The Morgan fingerprint density at radius 1 is 0.443 bits per heavy atom. The molecule has 0 bridgehead atoms. The smallest absolute Gasteiger partial charge is 0.305 e. The van der Waals surface area contributed by atoms with Crippen LogP contribution in [0.2, 0.25) is 0 Å². The number of carbonyl (C=O) groups is 2. The Hall–Kier alpha value is -1.40. The lowest BCUT2D eigenvalue weighted by Crippen LogP contribution is -2.45. The number of carbonyl (C=O) groups excluding carboxylic acids is 2. The fourth-order valence-electron chi connectivity index (χ4n) is 8.58. The number of aliphatic hydroxyl groups is 2. The van der Waals surface area contributed by atoms with Crippen molar-refractivity contribution in [2.45, 2.75) is 315 Å². The van der Waals surface area contributed by atoms with E-state index in [0.717, 1.165) is 38.5 Å². The summed E-state index contributed by atoms with van der Waals surface area (Å²) in [5.74, 6) is -0.0571. The molecular formula is C55H107NO5. The summed E-state index contributed by atoms with van der Waals surface area (Å²) in [5.41, 5.74) is 0. The highest BCUT2D eigenvalue weighted by Gasteiger charge is 2.18. The van der Waals surface area contributed by atoms with Crippen LogP contribution >= 0.6 is 0 Å². The van der Waals surface area contributed by atoms with Crippen molar-refractivity contribution in [2.24, 2.45) is 0 Å². The normalized spacial score (nSPS) is 12.7. The molecule has 0 aliphatic rings. The summed E-state index contributed by atoms with van der Waals surface area (Å²) in [6.45, 7) is 4.89. The van der Waals surface area contributed by atoms with Gasteiger partial charge >= 0.3 is 5.97 Å². The van der Waals surface area contributed by atoms with E-state index in [9.17, 15) is 19.8 Å². The van der Waals surface area contributed by atoms with Crippen LogP contribution in [0.1, 0.15) is 303 Å². The van der Waals surface area contributed by atoms with Gasteiger partial charge in [-0.25, -0.2) is 0 Å². The Balaban J connectivity index is 3.37. The first-order valence-corrected chi connectivity index (χ1v) is 27.5. The van der Waals surface area contributed by atoms with Gasteiger partial charge in [0.1, 0.15) is 0 Å². The zero-order valence-electron chi connectivity index (χ0n) is 41.2. The Labute approximate surface area is 380 Å². The van der Waals surface area contributed by atoms with Gasteiger partial charge in [0.2, 0.25) is 5.91 Å². The van der Waals surface area contributed by atoms with Gasteiger partial charge in [-0.05, 0) is 32.1 Å². The quantitative estimate of drug-likeness (QED) is 0.0322. The van der Waals surface area contributed by atoms with Gasteiger partial charge in [0.25, 0.3) is 0 Å². The van der Waals surface area contributed by atoms with Crippen LogP contribution in [0.15, 0.2) is 12.2 Å². The average Bonchev–Trinajstić information content (AvgIpc) is 3.26. The molecular weight excluding hydrogens is 755 g/mol. The molecule has 2 unspecified atom stereocenters. The van der Waals surface area contributed by atoms with E-state index in [1.54, 1.807) is 6.08 Å².